The van der Waals surface area contributed by atoms with Crippen molar-refractivity contribution in [3.8, 4) is 22.6 Å². The molecular weight excluding hydrogens is 319 g/mol. The van der Waals surface area contributed by atoms with Gasteiger partial charge in [0.25, 0.3) is 0 Å². The number of phenolic OH excluding ortho intramolecular Hbond substituents is 2. The second-order valence-corrected chi connectivity index (χ2v) is 6.36. The van der Waals surface area contributed by atoms with Crippen molar-refractivity contribution >= 4 is 7.82 Å². The average Bonchev–Trinajstić information content (AvgIpc) is 2.41. The molecule has 0 unspecified atom stereocenters. The molecule has 0 fully saturated rings. The molecule has 0 aliphatic carbocycles. The van der Waals surface area contributed by atoms with Crippen LogP contribution >= 0.6 is 7.82 Å². The van der Waals surface area contributed by atoms with Crippen molar-refractivity contribution in [2.24, 2.45) is 0 Å². The molecule has 0 aromatic heterocycles. The second kappa shape index (κ2) is 7.15. The zero-order chi connectivity index (χ0) is 17.9. The molecule has 23 heavy (non-hydrogen) atoms. The second-order valence-electron chi connectivity index (χ2n) is 5.33. The van der Waals surface area contributed by atoms with Crippen LogP contribution in [0.5, 0.6) is 11.5 Å². The van der Waals surface area contributed by atoms with Crippen LogP contribution in [0.2, 0.25) is 0 Å². The van der Waals surface area contributed by atoms with E-state index in [1.807, 2.05) is 6.92 Å². The lowest BCUT2D eigenvalue weighted by Gasteiger charge is -2.15. The predicted molar refractivity (Wildman–Crippen MR) is 88.4 cm³/mol. The van der Waals surface area contributed by atoms with Crippen LogP contribution in [0.25, 0.3) is 11.1 Å². The van der Waals surface area contributed by atoms with Crippen LogP contribution in [0.15, 0.2) is 24.3 Å². The van der Waals surface area contributed by atoms with Crippen LogP contribution in [0.1, 0.15) is 22.3 Å². The number of aromatic hydroxyl groups is 2. The summed E-state index contributed by atoms with van der Waals surface area (Å²) in [4.78, 5) is 21.6. The highest BCUT2D eigenvalue weighted by Crippen LogP contribution is 2.36. The molecule has 7 heteroatoms. The van der Waals surface area contributed by atoms with E-state index in [1.54, 1.807) is 6.07 Å². The zero-order valence-electron chi connectivity index (χ0n) is 13.4. The smallest absolute Gasteiger partial charge is 0.466 e. The number of rotatable bonds is 1. The molecule has 5 N–H and O–H groups in total. The van der Waals surface area contributed by atoms with Crippen LogP contribution < -0.4 is 0 Å². The molecule has 0 radical (unpaired) electrons. The van der Waals surface area contributed by atoms with E-state index in [9.17, 15) is 10.2 Å². The maximum absolute atomic E-state index is 9.95. The molecule has 2 aromatic rings. The minimum absolute atomic E-state index is 0.165. The monoisotopic (exact) mass is 340 g/mol. The topological polar surface area (TPSA) is 118 Å². The molecule has 0 spiro atoms. The van der Waals surface area contributed by atoms with Gasteiger partial charge in [0.05, 0.1) is 0 Å². The molecule has 2 aromatic carbocycles. The summed E-state index contributed by atoms with van der Waals surface area (Å²) in [5.41, 5.74) is 6.49. The Hall–Kier alpha value is -1.85. The number of benzene rings is 2. The first-order chi connectivity index (χ1) is 10.4. The third kappa shape index (κ3) is 5.37. The summed E-state index contributed by atoms with van der Waals surface area (Å²) in [6, 6.07) is 6.68. The Balaban J connectivity index is 0.000000463. The van der Waals surface area contributed by atoms with Crippen LogP contribution in [-0.4, -0.2) is 24.9 Å². The van der Waals surface area contributed by atoms with Crippen LogP contribution in [-0.2, 0) is 4.57 Å². The lowest BCUT2D eigenvalue weighted by atomic mass is 9.90. The Labute approximate surface area is 134 Å². The number of hydrogen-bond donors (Lipinski definition) is 5. The first-order valence-electron chi connectivity index (χ1n) is 6.80. The third-order valence-corrected chi connectivity index (χ3v) is 3.75. The van der Waals surface area contributed by atoms with Gasteiger partial charge in [-0.2, -0.15) is 0 Å². The Bertz CT molecular complexity index is 755. The maximum Gasteiger partial charge on any atom is 0.466 e. The molecule has 126 valence electrons. The molecule has 0 saturated heterocycles. The van der Waals surface area contributed by atoms with Crippen LogP contribution in [0.4, 0.5) is 0 Å². The van der Waals surface area contributed by atoms with E-state index in [0.29, 0.717) is 5.56 Å². The van der Waals surface area contributed by atoms with E-state index >= 15 is 0 Å². The Kier molecular flexibility index (Phi) is 5.97. The van der Waals surface area contributed by atoms with E-state index in [4.69, 9.17) is 19.2 Å². The summed E-state index contributed by atoms with van der Waals surface area (Å²) in [5, 5.41) is 19.5. The number of phosphoric acid groups is 1. The highest BCUT2D eigenvalue weighted by molar-refractivity contribution is 7.45. The maximum atomic E-state index is 9.95. The van der Waals surface area contributed by atoms with Crippen molar-refractivity contribution in [1.29, 1.82) is 0 Å². The van der Waals surface area contributed by atoms with E-state index in [1.165, 1.54) is 28.8 Å². The van der Waals surface area contributed by atoms with Crippen molar-refractivity contribution in [2.45, 2.75) is 27.7 Å². The standard InChI is InChI=1S/C16H18O2.H3O4P/c1-9-7-14(12(4)11(3)10(9)2)15-8-13(17)5-6-16(15)18;1-5(2,3)4/h5-8,17-18H,1-4H3;(H3,1,2,3,4). The highest BCUT2D eigenvalue weighted by atomic mass is 31.2. The van der Waals surface area contributed by atoms with Gasteiger partial charge in [-0.3, -0.25) is 0 Å². The lowest BCUT2D eigenvalue weighted by Crippen LogP contribution is -1.94. The fraction of sp³-hybridized carbons (Fsp3) is 0.250. The molecule has 0 atom stereocenters. The van der Waals surface area contributed by atoms with Crippen molar-refractivity contribution in [3.05, 3.63) is 46.5 Å². The molecule has 0 aliphatic heterocycles. The van der Waals surface area contributed by atoms with Gasteiger partial charge in [-0.05, 0) is 73.7 Å². The van der Waals surface area contributed by atoms with Crippen LogP contribution in [0, 0.1) is 27.7 Å². The summed E-state index contributed by atoms with van der Waals surface area (Å²) in [6.07, 6.45) is 0. The number of hydrogen-bond acceptors (Lipinski definition) is 3. The molecule has 0 saturated carbocycles. The van der Waals surface area contributed by atoms with Gasteiger partial charge in [0.2, 0.25) is 0 Å². The van der Waals surface area contributed by atoms with E-state index in [2.05, 4.69) is 26.8 Å². The van der Waals surface area contributed by atoms with E-state index in [-0.39, 0.29) is 11.5 Å². The minimum Gasteiger partial charge on any atom is -0.508 e. The summed E-state index contributed by atoms with van der Waals surface area (Å²) < 4.78 is 8.88. The largest absolute Gasteiger partial charge is 0.508 e. The fourth-order valence-electron chi connectivity index (χ4n) is 2.23. The quantitative estimate of drug-likeness (QED) is 0.402. The first kappa shape index (κ1) is 19.2. The van der Waals surface area contributed by atoms with Gasteiger partial charge >= 0.3 is 7.82 Å². The Morgan fingerprint density at radius 2 is 1.30 bits per heavy atom. The van der Waals surface area contributed by atoms with E-state index < -0.39 is 7.82 Å². The summed E-state index contributed by atoms with van der Waals surface area (Å²) in [5.74, 6) is 0.358. The number of phenols is 2. The molecular formula is C16H21O6P. The van der Waals surface area contributed by atoms with Crippen molar-refractivity contribution < 1.29 is 29.5 Å². The molecule has 0 heterocycles. The van der Waals surface area contributed by atoms with Gasteiger partial charge in [-0.1, -0.05) is 6.07 Å². The summed E-state index contributed by atoms with van der Waals surface area (Å²) in [7, 11) is -4.64. The first-order valence-corrected chi connectivity index (χ1v) is 8.36. The van der Waals surface area contributed by atoms with Gasteiger partial charge in [0.1, 0.15) is 11.5 Å². The SMILES string of the molecule is Cc1cc(-c2cc(O)ccc2O)c(C)c(C)c1C.O=P(O)(O)O. The van der Waals surface area contributed by atoms with Crippen molar-refractivity contribution in [3.63, 3.8) is 0 Å². The van der Waals surface area contributed by atoms with Crippen molar-refractivity contribution in [2.75, 3.05) is 0 Å². The third-order valence-electron chi connectivity index (χ3n) is 3.75. The minimum atomic E-state index is -4.64. The summed E-state index contributed by atoms with van der Waals surface area (Å²) >= 11 is 0. The molecule has 0 aliphatic rings. The van der Waals surface area contributed by atoms with Gasteiger partial charge in [-0.15, -0.1) is 0 Å². The van der Waals surface area contributed by atoms with E-state index in [0.717, 1.165) is 11.1 Å². The average molecular weight is 340 g/mol. The van der Waals surface area contributed by atoms with Crippen molar-refractivity contribution in [1.82, 2.24) is 0 Å². The number of aryl methyl sites for hydroxylation is 1. The summed E-state index contributed by atoms with van der Waals surface area (Å²) in [6.45, 7) is 8.29. The van der Waals surface area contributed by atoms with Gasteiger partial charge in [-0.25, -0.2) is 4.57 Å². The molecule has 6 nitrogen and oxygen atoms in total. The normalized spacial score (nSPS) is 10.9. The fourth-order valence-corrected chi connectivity index (χ4v) is 2.23. The highest BCUT2D eigenvalue weighted by Gasteiger charge is 2.12. The van der Waals surface area contributed by atoms with Gasteiger partial charge in [0, 0.05) is 5.56 Å². The molecule has 0 bridgehead atoms. The predicted octanol–water partition coefficient (Wildman–Crippen LogP) is 3.07. The van der Waals surface area contributed by atoms with Gasteiger partial charge < -0.3 is 24.9 Å². The van der Waals surface area contributed by atoms with Crippen LogP contribution in [0.3, 0.4) is 0 Å². The Morgan fingerprint density at radius 3 is 1.83 bits per heavy atom. The molecule has 2 rings (SSSR count). The Morgan fingerprint density at radius 1 is 0.783 bits per heavy atom. The van der Waals surface area contributed by atoms with Gasteiger partial charge in [0.15, 0.2) is 0 Å². The lowest BCUT2D eigenvalue weighted by molar-refractivity contribution is 0.275. The molecule has 0 amide bonds. The zero-order valence-corrected chi connectivity index (χ0v) is 14.3.